The Kier molecular flexibility index (Phi) is 4.28. The van der Waals surface area contributed by atoms with Gasteiger partial charge in [-0.3, -0.25) is 0 Å². The van der Waals surface area contributed by atoms with E-state index in [0.717, 1.165) is 24.3 Å². The normalized spacial score (nSPS) is 30.9. The Labute approximate surface area is 121 Å². The molecule has 0 radical (unpaired) electrons. The molecule has 0 saturated heterocycles. The summed E-state index contributed by atoms with van der Waals surface area (Å²) in [7, 11) is 0. The molecule has 4 unspecified atom stereocenters. The molecule has 1 nitrogen and oxygen atoms in total. The standard InChI is InChI=1S/C17H27NS/c1-3-6-18-17(16-11-19-10-12(16)2)9-15-8-13-4-5-14(15)7-13/h10-11,13-15,17-18H,3-9H2,1-2H3. The smallest absolute Gasteiger partial charge is 0.0333 e. The van der Waals surface area contributed by atoms with Crippen LogP contribution >= 0.6 is 11.3 Å². The molecule has 2 aliphatic carbocycles. The molecule has 2 saturated carbocycles. The van der Waals surface area contributed by atoms with Crippen LogP contribution in [0.15, 0.2) is 10.8 Å². The van der Waals surface area contributed by atoms with E-state index in [-0.39, 0.29) is 0 Å². The number of aryl methyl sites for hydroxylation is 1. The monoisotopic (exact) mass is 277 g/mol. The Morgan fingerprint density at radius 3 is 2.79 bits per heavy atom. The quantitative estimate of drug-likeness (QED) is 0.778. The summed E-state index contributed by atoms with van der Waals surface area (Å²) < 4.78 is 0. The lowest BCUT2D eigenvalue weighted by atomic mass is 9.82. The molecule has 1 N–H and O–H groups in total. The highest BCUT2D eigenvalue weighted by atomic mass is 32.1. The van der Waals surface area contributed by atoms with Gasteiger partial charge in [0.25, 0.3) is 0 Å². The topological polar surface area (TPSA) is 12.0 Å². The zero-order valence-electron chi connectivity index (χ0n) is 12.3. The van der Waals surface area contributed by atoms with Crippen LogP contribution in [-0.4, -0.2) is 6.54 Å². The number of nitrogens with one attached hydrogen (secondary N) is 1. The maximum atomic E-state index is 3.81. The molecular weight excluding hydrogens is 250 g/mol. The van der Waals surface area contributed by atoms with Gasteiger partial charge in [0.1, 0.15) is 0 Å². The van der Waals surface area contributed by atoms with Crippen molar-refractivity contribution in [1.82, 2.24) is 5.32 Å². The van der Waals surface area contributed by atoms with Crippen LogP contribution in [0.2, 0.25) is 0 Å². The average molecular weight is 277 g/mol. The van der Waals surface area contributed by atoms with E-state index in [9.17, 15) is 0 Å². The van der Waals surface area contributed by atoms with Gasteiger partial charge in [0.2, 0.25) is 0 Å². The fraction of sp³-hybridized carbons (Fsp3) is 0.765. The molecule has 1 aromatic heterocycles. The molecule has 2 heteroatoms. The first-order valence-electron chi connectivity index (χ1n) is 8.04. The molecule has 3 rings (SSSR count). The van der Waals surface area contributed by atoms with E-state index in [2.05, 4.69) is 29.9 Å². The summed E-state index contributed by atoms with van der Waals surface area (Å²) in [6, 6.07) is 0.607. The van der Waals surface area contributed by atoms with E-state index in [0.29, 0.717) is 6.04 Å². The summed E-state index contributed by atoms with van der Waals surface area (Å²) in [5.74, 6) is 3.12. The molecule has 1 heterocycles. The average Bonchev–Trinajstić information content (AvgIpc) is 3.10. The third-order valence-electron chi connectivity index (χ3n) is 5.33. The number of hydrogen-bond donors (Lipinski definition) is 1. The second-order valence-corrected chi connectivity index (χ2v) is 7.43. The van der Waals surface area contributed by atoms with Crippen LogP contribution in [0.3, 0.4) is 0 Å². The number of thiophene rings is 1. The van der Waals surface area contributed by atoms with Gasteiger partial charge in [-0.05, 0) is 85.2 Å². The van der Waals surface area contributed by atoms with E-state index >= 15 is 0 Å². The van der Waals surface area contributed by atoms with Gasteiger partial charge in [0.05, 0.1) is 0 Å². The summed E-state index contributed by atoms with van der Waals surface area (Å²) in [6.07, 6.45) is 8.69. The van der Waals surface area contributed by atoms with Gasteiger partial charge >= 0.3 is 0 Å². The Balaban J connectivity index is 1.67. The van der Waals surface area contributed by atoms with Gasteiger partial charge in [-0.2, -0.15) is 11.3 Å². The summed E-state index contributed by atoms with van der Waals surface area (Å²) in [5, 5.41) is 8.48. The second-order valence-electron chi connectivity index (χ2n) is 6.69. The molecule has 4 atom stereocenters. The molecule has 2 fully saturated rings. The van der Waals surface area contributed by atoms with Crippen LogP contribution in [-0.2, 0) is 0 Å². The molecular formula is C17H27NS. The first-order chi connectivity index (χ1) is 9.28. The Morgan fingerprint density at radius 1 is 1.32 bits per heavy atom. The van der Waals surface area contributed by atoms with Gasteiger partial charge in [-0.1, -0.05) is 13.3 Å². The lowest BCUT2D eigenvalue weighted by Crippen LogP contribution is -2.26. The lowest BCUT2D eigenvalue weighted by Gasteiger charge is -2.27. The minimum absolute atomic E-state index is 0.607. The van der Waals surface area contributed by atoms with Crippen molar-refractivity contribution < 1.29 is 0 Å². The van der Waals surface area contributed by atoms with Crippen molar-refractivity contribution >= 4 is 11.3 Å². The predicted molar refractivity (Wildman–Crippen MR) is 83.6 cm³/mol. The molecule has 2 aliphatic rings. The molecule has 2 bridgehead atoms. The van der Waals surface area contributed by atoms with Gasteiger partial charge < -0.3 is 5.32 Å². The van der Waals surface area contributed by atoms with E-state index in [4.69, 9.17) is 0 Å². The van der Waals surface area contributed by atoms with Crippen molar-refractivity contribution in [3.8, 4) is 0 Å². The first kappa shape index (κ1) is 13.6. The Morgan fingerprint density at radius 2 is 2.21 bits per heavy atom. The lowest BCUT2D eigenvalue weighted by molar-refractivity contribution is 0.279. The fourth-order valence-corrected chi connectivity index (χ4v) is 5.24. The number of hydrogen-bond acceptors (Lipinski definition) is 2. The van der Waals surface area contributed by atoms with Crippen molar-refractivity contribution in [3.05, 3.63) is 21.9 Å². The van der Waals surface area contributed by atoms with Crippen LogP contribution in [0, 0.1) is 24.7 Å². The van der Waals surface area contributed by atoms with Crippen LogP contribution in [0.1, 0.15) is 62.6 Å². The number of fused-ring (bicyclic) bond motifs is 2. The van der Waals surface area contributed by atoms with Crippen LogP contribution in [0.5, 0.6) is 0 Å². The summed E-state index contributed by atoms with van der Waals surface area (Å²) in [6.45, 7) is 5.69. The van der Waals surface area contributed by atoms with Gasteiger partial charge in [-0.25, -0.2) is 0 Å². The van der Waals surface area contributed by atoms with Crippen molar-refractivity contribution in [2.45, 2.75) is 58.4 Å². The summed E-state index contributed by atoms with van der Waals surface area (Å²) in [5.41, 5.74) is 3.06. The largest absolute Gasteiger partial charge is 0.310 e. The summed E-state index contributed by atoms with van der Waals surface area (Å²) in [4.78, 5) is 0. The molecule has 0 aromatic carbocycles. The highest BCUT2D eigenvalue weighted by Gasteiger charge is 2.40. The minimum Gasteiger partial charge on any atom is -0.310 e. The van der Waals surface area contributed by atoms with Crippen molar-refractivity contribution in [2.24, 2.45) is 17.8 Å². The van der Waals surface area contributed by atoms with Crippen LogP contribution in [0.4, 0.5) is 0 Å². The molecule has 106 valence electrons. The molecule has 0 aliphatic heterocycles. The third kappa shape index (κ3) is 2.90. The zero-order valence-corrected chi connectivity index (χ0v) is 13.1. The van der Waals surface area contributed by atoms with Crippen LogP contribution < -0.4 is 5.32 Å². The van der Waals surface area contributed by atoms with Crippen molar-refractivity contribution in [1.29, 1.82) is 0 Å². The molecule has 1 aromatic rings. The Hall–Kier alpha value is -0.340. The minimum atomic E-state index is 0.607. The molecule has 0 spiro atoms. The van der Waals surface area contributed by atoms with E-state index in [1.807, 2.05) is 11.3 Å². The predicted octanol–water partition coefficient (Wildman–Crippen LogP) is 4.92. The van der Waals surface area contributed by atoms with E-state index in [1.165, 1.54) is 44.1 Å². The number of rotatable bonds is 6. The van der Waals surface area contributed by atoms with Gasteiger partial charge in [0, 0.05) is 6.04 Å². The summed E-state index contributed by atoms with van der Waals surface area (Å²) >= 11 is 1.86. The van der Waals surface area contributed by atoms with E-state index < -0.39 is 0 Å². The third-order valence-corrected chi connectivity index (χ3v) is 6.21. The highest BCUT2D eigenvalue weighted by Crippen LogP contribution is 2.51. The maximum Gasteiger partial charge on any atom is 0.0333 e. The zero-order chi connectivity index (χ0) is 13.2. The molecule has 0 amide bonds. The van der Waals surface area contributed by atoms with E-state index in [1.54, 1.807) is 5.56 Å². The maximum absolute atomic E-state index is 3.81. The van der Waals surface area contributed by atoms with Gasteiger partial charge in [-0.15, -0.1) is 0 Å². The molecule has 19 heavy (non-hydrogen) atoms. The van der Waals surface area contributed by atoms with Crippen molar-refractivity contribution in [2.75, 3.05) is 6.54 Å². The first-order valence-corrected chi connectivity index (χ1v) is 8.98. The van der Waals surface area contributed by atoms with Crippen LogP contribution in [0.25, 0.3) is 0 Å². The second kappa shape index (κ2) is 5.97. The highest BCUT2D eigenvalue weighted by molar-refractivity contribution is 7.08. The fourth-order valence-electron chi connectivity index (χ4n) is 4.33. The van der Waals surface area contributed by atoms with Crippen molar-refractivity contribution in [3.63, 3.8) is 0 Å². The Bertz CT molecular complexity index is 411. The van der Waals surface area contributed by atoms with Gasteiger partial charge in [0.15, 0.2) is 0 Å². The SMILES string of the molecule is CCCNC(CC1CC2CCC1C2)c1cscc1C.